The molecule has 0 unspecified atom stereocenters. The van der Waals surface area contributed by atoms with Gasteiger partial charge in [-0.05, 0) is 80.3 Å². The zero-order chi connectivity index (χ0) is 25.2. The minimum atomic E-state index is -3.60. The standard InChI is InChI=1S/C30H32O4S/c1-6-30(4,5)34-29-20-19-28(26-9-7-8-10-27(26)29)33-23-13-17-25(18-14-23)35(31,32)24-15-11-22(12-16-24)21(2)3/h7-21H,6H2,1-5H3. The number of ether oxygens (including phenoxy) is 2. The van der Waals surface area contributed by atoms with Crippen LogP contribution >= 0.6 is 0 Å². The van der Waals surface area contributed by atoms with Crippen molar-refractivity contribution in [2.75, 3.05) is 0 Å². The van der Waals surface area contributed by atoms with Gasteiger partial charge in [-0.1, -0.05) is 57.2 Å². The summed E-state index contributed by atoms with van der Waals surface area (Å²) >= 11 is 0. The number of benzene rings is 4. The molecule has 0 amide bonds. The zero-order valence-electron chi connectivity index (χ0n) is 20.9. The highest BCUT2D eigenvalue weighted by Crippen LogP contribution is 2.37. The Hall–Kier alpha value is -3.31. The van der Waals surface area contributed by atoms with Crippen molar-refractivity contribution in [3.8, 4) is 17.2 Å². The molecular formula is C30H32O4S. The Morgan fingerprint density at radius 1 is 0.743 bits per heavy atom. The summed E-state index contributed by atoms with van der Waals surface area (Å²) in [4.78, 5) is 0.518. The SMILES string of the molecule is CCC(C)(C)Oc1ccc(Oc2ccc(S(=O)(=O)c3ccc(C(C)C)cc3)cc2)c2ccccc12. The molecule has 0 saturated carbocycles. The molecule has 0 saturated heterocycles. The molecule has 182 valence electrons. The Bertz CT molecular complexity index is 1420. The highest BCUT2D eigenvalue weighted by molar-refractivity contribution is 7.91. The van der Waals surface area contributed by atoms with Crippen molar-refractivity contribution in [3.63, 3.8) is 0 Å². The lowest BCUT2D eigenvalue weighted by atomic mass is 10.0. The average Bonchev–Trinajstić information content (AvgIpc) is 2.86. The van der Waals surface area contributed by atoms with E-state index in [2.05, 4.69) is 34.6 Å². The van der Waals surface area contributed by atoms with Crippen LogP contribution in [0.5, 0.6) is 17.2 Å². The molecule has 4 aromatic carbocycles. The van der Waals surface area contributed by atoms with E-state index in [9.17, 15) is 8.42 Å². The Balaban J connectivity index is 1.60. The van der Waals surface area contributed by atoms with Gasteiger partial charge in [-0.15, -0.1) is 0 Å². The van der Waals surface area contributed by atoms with Gasteiger partial charge in [0.2, 0.25) is 9.84 Å². The Labute approximate surface area is 208 Å². The fourth-order valence-corrected chi connectivity index (χ4v) is 5.03. The predicted octanol–water partition coefficient (Wildman–Crippen LogP) is 8.16. The van der Waals surface area contributed by atoms with Crippen molar-refractivity contribution in [2.24, 2.45) is 0 Å². The number of hydrogen-bond donors (Lipinski definition) is 0. The van der Waals surface area contributed by atoms with Gasteiger partial charge >= 0.3 is 0 Å². The number of rotatable bonds is 8. The maximum atomic E-state index is 13.1. The molecule has 5 heteroatoms. The quantitative estimate of drug-likeness (QED) is 0.251. The first kappa shape index (κ1) is 24.8. The maximum Gasteiger partial charge on any atom is 0.206 e. The fraction of sp³-hybridized carbons (Fsp3) is 0.267. The molecule has 4 rings (SSSR count). The van der Waals surface area contributed by atoms with Crippen LogP contribution in [-0.2, 0) is 9.84 Å². The first-order chi connectivity index (χ1) is 16.6. The summed E-state index contributed by atoms with van der Waals surface area (Å²) < 4.78 is 38.6. The highest BCUT2D eigenvalue weighted by atomic mass is 32.2. The summed E-state index contributed by atoms with van der Waals surface area (Å²) in [5.41, 5.74) is 0.830. The molecule has 0 fully saturated rings. The van der Waals surface area contributed by atoms with Crippen LogP contribution in [0.1, 0.15) is 52.5 Å². The average molecular weight is 489 g/mol. The van der Waals surface area contributed by atoms with Crippen molar-refractivity contribution in [2.45, 2.75) is 62.3 Å². The smallest absolute Gasteiger partial charge is 0.206 e. The molecule has 4 aromatic rings. The molecule has 0 heterocycles. The Kier molecular flexibility index (Phi) is 6.91. The third-order valence-electron chi connectivity index (χ3n) is 6.30. The number of fused-ring (bicyclic) bond motifs is 1. The molecule has 4 nitrogen and oxygen atoms in total. The van der Waals surface area contributed by atoms with Gasteiger partial charge < -0.3 is 9.47 Å². The van der Waals surface area contributed by atoms with E-state index >= 15 is 0 Å². The van der Waals surface area contributed by atoms with Crippen LogP contribution in [0, 0.1) is 0 Å². The number of hydrogen-bond acceptors (Lipinski definition) is 4. The van der Waals surface area contributed by atoms with Gasteiger partial charge in [0.1, 0.15) is 22.8 Å². The van der Waals surface area contributed by atoms with Gasteiger partial charge in [-0.25, -0.2) is 8.42 Å². The highest BCUT2D eigenvalue weighted by Gasteiger charge is 2.20. The third kappa shape index (κ3) is 5.35. The second-order valence-electron chi connectivity index (χ2n) is 9.62. The molecule has 0 aromatic heterocycles. The van der Waals surface area contributed by atoms with E-state index in [1.807, 2.05) is 48.5 Å². The van der Waals surface area contributed by atoms with Crippen molar-refractivity contribution >= 4 is 20.6 Å². The van der Waals surface area contributed by atoms with Crippen LogP contribution < -0.4 is 9.47 Å². The summed E-state index contributed by atoms with van der Waals surface area (Å²) in [5.74, 6) is 2.40. The van der Waals surface area contributed by atoms with Crippen LogP contribution in [-0.4, -0.2) is 14.0 Å². The summed E-state index contributed by atoms with van der Waals surface area (Å²) in [5, 5.41) is 1.90. The Morgan fingerprint density at radius 2 is 1.26 bits per heavy atom. The molecule has 35 heavy (non-hydrogen) atoms. The van der Waals surface area contributed by atoms with E-state index in [1.54, 1.807) is 36.4 Å². The van der Waals surface area contributed by atoms with Crippen LogP contribution in [0.25, 0.3) is 10.8 Å². The minimum Gasteiger partial charge on any atom is -0.487 e. The molecule has 0 aliphatic rings. The maximum absolute atomic E-state index is 13.1. The zero-order valence-corrected chi connectivity index (χ0v) is 21.7. The topological polar surface area (TPSA) is 52.6 Å². The van der Waals surface area contributed by atoms with Gasteiger partial charge in [0.15, 0.2) is 0 Å². The fourth-order valence-electron chi connectivity index (χ4n) is 3.77. The predicted molar refractivity (Wildman–Crippen MR) is 141 cm³/mol. The summed E-state index contributed by atoms with van der Waals surface area (Å²) in [7, 11) is -3.60. The van der Waals surface area contributed by atoms with Gasteiger partial charge in [0, 0.05) is 10.8 Å². The van der Waals surface area contributed by atoms with E-state index in [0.29, 0.717) is 17.4 Å². The van der Waals surface area contributed by atoms with Gasteiger partial charge in [0.05, 0.1) is 9.79 Å². The molecule has 0 atom stereocenters. The lowest BCUT2D eigenvalue weighted by molar-refractivity contribution is 0.107. The largest absolute Gasteiger partial charge is 0.487 e. The van der Waals surface area contributed by atoms with E-state index < -0.39 is 9.84 Å². The van der Waals surface area contributed by atoms with E-state index in [1.165, 1.54) is 0 Å². The van der Waals surface area contributed by atoms with Crippen LogP contribution in [0.15, 0.2) is 94.7 Å². The number of sulfone groups is 1. The first-order valence-corrected chi connectivity index (χ1v) is 13.4. The lowest BCUT2D eigenvalue weighted by Gasteiger charge is -2.26. The second kappa shape index (κ2) is 9.74. The summed E-state index contributed by atoms with van der Waals surface area (Å²) in [6, 6.07) is 25.4. The molecule has 0 N–H and O–H groups in total. The first-order valence-electron chi connectivity index (χ1n) is 11.9. The lowest BCUT2D eigenvalue weighted by Crippen LogP contribution is -2.26. The Morgan fingerprint density at radius 3 is 1.80 bits per heavy atom. The van der Waals surface area contributed by atoms with Crippen molar-refractivity contribution < 1.29 is 17.9 Å². The summed E-state index contributed by atoms with van der Waals surface area (Å²) in [6.45, 7) is 10.4. The summed E-state index contributed by atoms with van der Waals surface area (Å²) in [6.07, 6.45) is 0.886. The normalized spacial score (nSPS) is 12.2. The van der Waals surface area contributed by atoms with Crippen molar-refractivity contribution in [1.29, 1.82) is 0 Å². The monoisotopic (exact) mass is 488 g/mol. The second-order valence-corrected chi connectivity index (χ2v) is 11.6. The molecule has 0 radical (unpaired) electrons. The van der Waals surface area contributed by atoms with Gasteiger partial charge in [0.25, 0.3) is 0 Å². The van der Waals surface area contributed by atoms with E-state index in [4.69, 9.17) is 9.47 Å². The van der Waals surface area contributed by atoms with Gasteiger partial charge in [-0.2, -0.15) is 0 Å². The molecule has 0 bridgehead atoms. The van der Waals surface area contributed by atoms with E-state index in [-0.39, 0.29) is 15.4 Å². The molecular weight excluding hydrogens is 456 g/mol. The minimum absolute atomic E-state index is 0.234. The van der Waals surface area contributed by atoms with Crippen LogP contribution in [0.3, 0.4) is 0 Å². The molecule has 0 aliphatic carbocycles. The molecule has 0 aliphatic heterocycles. The van der Waals surface area contributed by atoms with E-state index in [0.717, 1.165) is 28.5 Å². The molecule has 0 spiro atoms. The van der Waals surface area contributed by atoms with Crippen molar-refractivity contribution in [3.05, 3.63) is 90.5 Å². The van der Waals surface area contributed by atoms with Crippen LogP contribution in [0.4, 0.5) is 0 Å². The van der Waals surface area contributed by atoms with Crippen LogP contribution in [0.2, 0.25) is 0 Å². The van der Waals surface area contributed by atoms with Gasteiger partial charge in [-0.3, -0.25) is 0 Å². The van der Waals surface area contributed by atoms with Crippen molar-refractivity contribution in [1.82, 2.24) is 0 Å². The third-order valence-corrected chi connectivity index (χ3v) is 8.09.